The third-order valence-electron chi connectivity index (χ3n) is 2.96. The summed E-state index contributed by atoms with van der Waals surface area (Å²) < 4.78 is 24.6. The Morgan fingerprint density at radius 3 is 2.69 bits per heavy atom. The normalized spacial score (nSPS) is 29.0. The second-order valence-corrected chi connectivity index (χ2v) is 6.02. The molecule has 1 aromatic rings. The van der Waals surface area contributed by atoms with E-state index in [1.807, 2.05) is 18.2 Å². The number of fused-ring (bicyclic) bond motifs is 2. The molecule has 82 valence electrons. The van der Waals surface area contributed by atoms with E-state index in [0.29, 0.717) is 10.6 Å². The van der Waals surface area contributed by atoms with Gasteiger partial charge in [0.2, 0.25) is 0 Å². The Kier molecular flexibility index (Phi) is 1.94. The number of para-hydroxylation sites is 1. The van der Waals surface area contributed by atoms with Crippen LogP contribution in [0.1, 0.15) is 0 Å². The van der Waals surface area contributed by atoms with Crippen molar-refractivity contribution in [1.29, 1.82) is 0 Å². The Bertz CT molecular complexity index is 587. The standard InChI is InChI=1S/C12H11NO2S/c14-16(15)11-7-3-1-5-9(11)13-10-6-2-4-8-12(10)16/h1-9,11,13H. The molecular weight excluding hydrogens is 222 g/mol. The fourth-order valence-electron chi connectivity index (χ4n) is 2.17. The molecule has 3 rings (SSSR count). The molecule has 0 saturated heterocycles. The highest BCUT2D eigenvalue weighted by molar-refractivity contribution is 7.92. The van der Waals surface area contributed by atoms with Gasteiger partial charge >= 0.3 is 0 Å². The molecule has 4 heteroatoms. The topological polar surface area (TPSA) is 46.2 Å². The van der Waals surface area contributed by atoms with Crippen LogP contribution in [0.15, 0.2) is 53.5 Å². The number of nitrogens with one attached hydrogen (secondary N) is 1. The molecule has 0 spiro atoms. The van der Waals surface area contributed by atoms with Crippen LogP contribution in [0.3, 0.4) is 0 Å². The van der Waals surface area contributed by atoms with Crippen LogP contribution in [-0.2, 0) is 9.84 Å². The molecule has 1 N–H and O–H groups in total. The number of hydrogen-bond acceptors (Lipinski definition) is 3. The zero-order chi connectivity index (χ0) is 11.2. The first kappa shape index (κ1) is 9.66. The van der Waals surface area contributed by atoms with Crippen molar-refractivity contribution in [2.24, 2.45) is 0 Å². The number of rotatable bonds is 0. The second-order valence-electron chi connectivity index (χ2n) is 3.95. The average Bonchev–Trinajstić information content (AvgIpc) is 2.29. The van der Waals surface area contributed by atoms with Crippen molar-refractivity contribution < 1.29 is 8.42 Å². The summed E-state index contributed by atoms with van der Waals surface area (Å²) in [4.78, 5) is 0.399. The van der Waals surface area contributed by atoms with Gasteiger partial charge in [-0.2, -0.15) is 0 Å². The van der Waals surface area contributed by atoms with Crippen molar-refractivity contribution in [3.63, 3.8) is 0 Å². The molecule has 1 aromatic carbocycles. The van der Waals surface area contributed by atoms with Crippen molar-refractivity contribution in [3.8, 4) is 0 Å². The first-order valence-electron chi connectivity index (χ1n) is 5.14. The van der Waals surface area contributed by atoms with Crippen LogP contribution in [0.4, 0.5) is 5.69 Å². The number of benzene rings is 1. The van der Waals surface area contributed by atoms with E-state index in [-0.39, 0.29) is 6.04 Å². The molecule has 2 atom stereocenters. The van der Waals surface area contributed by atoms with Crippen molar-refractivity contribution >= 4 is 15.5 Å². The summed E-state index contributed by atoms with van der Waals surface area (Å²) >= 11 is 0. The molecule has 0 amide bonds. The SMILES string of the molecule is O=S1(=O)c2ccccc2NC2C=CC=CC21. The highest BCUT2D eigenvalue weighted by Gasteiger charge is 2.38. The number of hydrogen-bond donors (Lipinski definition) is 1. The Morgan fingerprint density at radius 1 is 1.06 bits per heavy atom. The minimum atomic E-state index is -3.24. The van der Waals surface area contributed by atoms with Crippen LogP contribution < -0.4 is 5.32 Å². The molecule has 0 aromatic heterocycles. The highest BCUT2D eigenvalue weighted by Crippen LogP contribution is 2.34. The molecule has 0 radical (unpaired) electrons. The lowest BCUT2D eigenvalue weighted by Crippen LogP contribution is -2.42. The Hall–Kier alpha value is -1.55. The summed E-state index contributed by atoms with van der Waals surface area (Å²) in [5.41, 5.74) is 0.698. The van der Waals surface area contributed by atoms with Crippen LogP contribution in [0, 0.1) is 0 Å². The van der Waals surface area contributed by atoms with Gasteiger partial charge in [-0.1, -0.05) is 36.4 Å². The molecular formula is C12H11NO2S. The maximum atomic E-state index is 12.3. The predicted octanol–water partition coefficient (Wildman–Crippen LogP) is 1.75. The smallest absolute Gasteiger partial charge is 0.189 e. The van der Waals surface area contributed by atoms with E-state index in [1.54, 1.807) is 30.4 Å². The summed E-state index contributed by atoms with van der Waals surface area (Å²) in [5, 5.41) is 2.76. The molecule has 0 fully saturated rings. The molecule has 1 heterocycles. The van der Waals surface area contributed by atoms with Gasteiger partial charge < -0.3 is 5.32 Å². The molecule has 2 unspecified atom stereocenters. The lowest BCUT2D eigenvalue weighted by molar-refractivity contribution is 0.580. The van der Waals surface area contributed by atoms with Gasteiger partial charge in [0.05, 0.1) is 16.6 Å². The molecule has 0 bridgehead atoms. The van der Waals surface area contributed by atoms with Crippen LogP contribution in [0.5, 0.6) is 0 Å². The van der Waals surface area contributed by atoms with E-state index >= 15 is 0 Å². The number of anilines is 1. The summed E-state index contributed by atoms with van der Waals surface area (Å²) in [6.45, 7) is 0. The Morgan fingerprint density at radius 2 is 1.81 bits per heavy atom. The summed E-state index contributed by atoms with van der Waals surface area (Å²) in [5.74, 6) is 0. The summed E-state index contributed by atoms with van der Waals surface area (Å²) in [7, 11) is -3.24. The van der Waals surface area contributed by atoms with Gasteiger partial charge in [0, 0.05) is 0 Å². The van der Waals surface area contributed by atoms with Crippen molar-refractivity contribution in [2.45, 2.75) is 16.2 Å². The minimum absolute atomic E-state index is 0.148. The van der Waals surface area contributed by atoms with Gasteiger partial charge in [0.25, 0.3) is 0 Å². The van der Waals surface area contributed by atoms with E-state index in [2.05, 4.69) is 5.32 Å². The van der Waals surface area contributed by atoms with E-state index < -0.39 is 15.1 Å². The minimum Gasteiger partial charge on any atom is -0.376 e. The lowest BCUT2D eigenvalue weighted by Gasteiger charge is -2.32. The van der Waals surface area contributed by atoms with Crippen molar-refractivity contribution in [1.82, 2.24) is 0 Å². The van der Waals surface area contributed by atoms with Crippen LogP contribution in [-0.4, -0.2) is 19.7 Å². The van der Waals surface area contributed by atoms with E-state index in [1.165, 1.54) is 0 Å². The Balaban J connectivity index is 2.23. The molecule has 3 nitrogen and oxygen atoms in total. The molecule has 1 aliphatic heterocycles. The first-order valence-corrected chi connectivity index (χ1v) is 6.69. The van der Waals surface area contributed by atoms with Crippen molar-refractivity contribution in [3.05, 3.63) is 48.6 Å². The first-order chi connectivity index (χ1) is 7.69. The van der Waals surface area contributed by atoms with Gasteiger partial charge in [-0.25, -0.2) is 8.42 Å². The zero-order valence-electron chi connectivity index (χ0n) is 8.50. The molecule has 16 heavy (non-hydrogen) atoms. The van der Waals surface area contributed by atoms with Gasteiger partial charge in [0.1, 0.15) is 5.25 Å². The van der Waals surface area contributed by atoms with Crippen LogP contribution >= 0.6 is 0 Å². The Labute approximate surface area is 94.4 Å². The van der Waals surface area contributed by atoms with E-state index in [4.69, 9.17) is 0 Å². The largest absolute Gasteiger partial charge is 0.376 e. The number of allylic oxidation sites excluding steroid dienone is 2. The fraction of sp³-hybridized carbons (Fsp3) is 0.167. The molecule has 2 aliphatic rings. The monoisotopic (exact) mass is 233 g/mol. The second kappa shape index (κ2) is 3.22. The number of sulfone groups is 1. The average molecular weight is 233 g/mol. The van der Waals surface area contributed by atoms with Gasteiger partial charge in [0.15, 0.2) is 9.84 Å². The molecule has 1 aliphatic carbocycles. The quantitative estimate of drug-likeness (QED) is 0.742. The third-order valence-corrected chi connectivity index (χ3v) is 5.09. The van der Waals surface area contributed by atoms with Crippen LogP contribution in [0.25, 0.3) is 0 Å². The van der Waals surface area contributed by atoms with Gasteiger partial charge in [-0.3, -0.25) is 0 Å². The third kappa shape index (κ3) is 1.23. The molecule has 0 saturated carbocycles. The van der Waals surface area contributed by atoms with E-state index in [9.17, 15) is 8.42 Å². The zero-order valence-corrected chi connectivity index (χ0v) is 9.31. The van der Waals surface area contributed by atoms with E-state index in [0.717, 1.165) is 0 Å². The van der Waals surface area contributed by atoms with Crippen LogP contribution in [0.2, 0.25) is 0 Å². The maximum absolute atomic E-state index is 12.3. The maximum Gasteiger partial charge on any atom is 0.189 e. The highest BCUT2D eigenvalue weighted by atomic mass is 32.2. The fourth-order valence-corrected chi connectivity index (χ4v) is 4.01. The lowest BCUT2D eigenvalue weighted by atomic mass is 10.1. The summed E-state index contributed by atoms with van der Waals surface area (Å²) in [6, 6.07) is 6.89. The van der Waals surface area contributed by atoms with Crippen molar-refractivity contribution in [2.75, 3.05) is 5.32 Å². The summed E-state index contributed by atoms with van der Waals surface area (Å²) in [6.07, 6.45) is 7.28. The van der Waals surface area contributed by atoms with Gasteiger partial charge in [-0.05, 0) is 12.1 Å². The van der Waals surface area contributed by atoms with Gasteiger partial charge in [-0.15, -0.1) is 0 Å². The predicted molar refractivity (Wildman–Crippen MR) is 63.1 cm³/mol.